The Morgan fingerprint density at radius 2 is 2.14 bits per heavy atom. The number of carbonyl (C=O) groups excluding carboxylic acids is 1. The smallest absolute Gasteiger partial charge is 0.308 e. The lowest BCUT2D eigenvalue weighted by molar-refractivity contribution is -0.147. The van der Waals surface area contributed by atoms with E-state index in [1.54, 1.807) is 0 Å². The van der Waals surface area contributed by atoms with Gasteiger partial charge in [-0.1, -0.05) is 0 Å². The molecule has 1 atom stereocenters. The third-order valence-corrected chi connectivity index (χ3v) is 2.99. The average molecular weight is 199 g/mol. The van der Waals surface area contributed by atoms with Crippen LogP contribution < -0.4 is 0 Å². The number of esters is 1. The molecule has 0 aromatic carbocycles. The highest BCUT2D eigenvalue weighted by atomic mass is 16.6. The Hall–Kier alpha value is -0.610. The summed E-state index contributed by atoms with van der Waals surface area (Å²) in [5, 5.41) is 0. The summed E-state index contributed by atoms with van der Waals surface area (Å²) >= 11 is 0. The van der Waals surface area contributed by atoms with E-state index in [-0.39, 0.29) is 11.9 Å². The largest absolute Gasteiger partial charge is 0.469 e. The highest BCUT2D eigenvalue weighted by Crippen LogP contribution is 2.20. The Kier molecular flexibility index (Phi) is 3.03. The van der Waals surface area contributed by atoms with Gasteiger partial charge < -0.3 is 14.4 Å². The number of ether oxygens (including phenoxy) is 2. The van der Waals surface area contributed by atoms with Crippen molar-refractivity contribution in [1.29, 1.82) is 0 Å². The molecule has 2 saturated heterocycles. The number of nitrogens with zero attached hydrogens (tertiary/aromatic N) is 1. The van der Waals surface area contributed by atoms with Gasteiger partial charge in [-0.05, 0) is 25.9 Å². The minimum Gasteiger partial charge on any atom is -0.469 e. The first-order chi connectivity index (χ1) is 6.79. The molecule has 1 unspecified atom stereocenters. The number of methoxy groups -OCH3 is 1. The fourth-order valence-corrected chi connectivity index (χ4v) is 1.98. The van der Waals surface area contributed by atoms with Gasteiger partial charge in [0.2, 0.25) is 0 Å². The predicted molar refractivity (Wildman–Crippen MR) is 50.9 cm³/mol. The summed E-state index contributed by atoms with van der Waals surface area (Å²) in [6, 6.07) is 0. The van der Waals surface area contributed by atoms with Gasteiger partial charge in [-0.25, -0.2) is 0 Å². The fourth-order valence-electron chi connectivity index (χ4n) is 1.98. The summed E-state index contributed by atoms with van der Waals surface area (Å²) in [7, 11) is 1.47. The molecule has 4 heteroatoms. The zero-order chi connectivity index (χ0) is 9.97. The summed E-state index contributed by atoms with van der Waals surface area (Å²) in [4.78, 5) is 13.6. The van der Waals surface area contributed by atoms with E-state index in [4.69, 9.17) is 9.47 Å². The quantitative estimate of drug-likeness (QED) is 0.483. The van der Waals surface area contributed by atoms with Crippen LogP contribution in [0.3, 0.4) is 0 Å². The van der Waals surface area contributed by atoms with Crippen LogP contribution in [0.4, 0.5) is 0 Å². The van der Waals surface area contributed by atoms with Gasteiger partial charge in [0.25, 0.3) is 0 Å². The second-order valence-electron chi connectivity index (χ2n) is 4.05. The summed E-state index contributed by atoms with van der Waals surface area (Å²) in [5.41, 5.74) is 0. The van der Waals surface area contributed by atoms with Crippen LogP contribution in [0.1, 0.15) is 12.8 Å². The van der Waals surface area contributed by atoms with Crippen molar-refractivity contribution in [3.8, 4) is 0 Å². The van der Waals surface area contributed by atoms with E-state index in [1.165, 1.54) is 7.11 Å². The Bertz CT molecular complexity index is 207. The Morgan fingerprint density at radius 3 is 2.64 bits per heavy atom. The van der Waals surface area contributed by atoms with Gasteiger partial charge in [-0.2, -0.15) is 0 Å². The number of hydrogen-bond donors (Lipinski definition) is 0. The third kappa shape index (κ3) is 2.45. The highest BCUT2D eigenvalue weighted by Gasteiger charge is 2.30. The highest BCUT2D eigenvalue weighted by molar-refractivity contribution is 5.72. The molecule has 0 spiro atoms. The zero-order valence-corrected chi connectivity index (χ0v) is 8.57. The molecule has 2 aliphatic heterocycles. The van der Waals surface area contributed by atoms with Gasteiger partial charge in [0.05, 0.1) is 25.7 Å². The van der Waals surface area contributed by atoms with Crippen LogP contribution in [0.2, 0.25) is 0 Å². The van der Waals surface area contributed by atoms with Gasteiger partial charge in [0.1, 0.15) is 0 Å². The predicted octanol–water partition coefficient (Wildman–Crippen LogP) is 0.270. The van der Waals surface area contributed by atoms with Crippen LogP contribution >= 0.6 is 0 Å². The fraction of sp³-hybridized carbons (Fsp3) is 0.900. The van der Waals surface area contributed by atoms with E-state index in [9.17, 15) is 4.79 Å². The molecule has 0 aromatic heterocycles. The molecule has 2 rings (SSSR count). The lowest BCUT2D eigenvalue weighted by Crippen LogP contribution is -2.38. The molecule has 0 amide bonds. The van der Waals surface area contributed by atoms with E-state index in [0.717, 1.165) is 39.1 Å². The molecule has 4 nitrogen and oxygen atoms in total. The molecule has 2 heterocycles. The topological polar surface area (TPSA) is 42.1 Å². The van der Waals surface area contributed by atoms with Gasteiger partial charge in [-0.3, -0.25) is 4.79 Å². The van der Waals surface area contributed by atoms with Crippen LogP contribution in [0.5, 0.6) is 0 Å². The lowest BCUT2D eigenvalue weighted by Gasteiger charge is -2.29. The summed E-state index contributed by atoms with van der Waals surface area (Å²) in [6.07, 6.45) is 2.32. The molecule has 14 heavy (non-hydrogen) atoms. The van der Waals surface area contributed by atoms with Gasteiger partial charge in [-0.15, -0.1) is 0 Å². The number of hydrogen-bond acceptors (Lipinski definition) is 4. The first-order valence-electron chi connectivity index (χ1n) is 5.21. The zero-order valence-electron chi connectivity index (χ0n) is 8.57. The minimum atomic E-state index is -0.0488. The van der Waals surface area contributed by atoms with E-state index in [0.29, 0.717) is 6.10 Å². The molecule has 2 aliphatic rings. The first kappa shape index (κ1) is 9.93. The maximum absolute atomic E-state index is 11.2. The summed E-state index contributed by atoms with van der Waals surface area (Å²) in [6.45, 7) is 3.95. The lowest BCUT2D eigenvalue weighted by atomic mass is 9.97. The second-order valence-corrected chi connectivity index (χ2v) is 4.05. The minimum absolute atomic E-state index is 0.0488. The number of likely N-dealkylation sites (tertiary alicyclic amines) is 1. The molecule has 0 N–H and O–H groups in total. The molecule has 0 radical (unpaired) electrons. The van der Waals surface area contributed by atoms with Crippen molar-refractivity contribution in [2.75, 3.05) is 33.4 Å². The Labute approximate surface area is 84.2 Å². The van der Waals surface area contributed by atoms with Crippen LogP contribution in [0, 0.1) is 5.92 Å². The SMILES string of the molecule is COC(=O)C1CCN(CC2CO2)CC1. The molecule has 0 bridgehead atoms. The monoisotopic (exact) mass is 199 g/mol. The van der Waals surface area contributed by atoms with Crippen molar-refractivity contribution >= 4 is 5.97 Å². The summed E-state index contributed by atoms with van der Waals surface area (Å²) in [5.74, 6) is 0.0729. The van der Waals surface area contributed by atoms with Gasteiger partial charge >= 0.3 is 5.97 Å². The van der Waals surface area contributed by atoms with Crippen molar-refractivity contribution in [3.05, 3.63) is 0 Å². The van der Waals surface area contributed by atoms with Crippen LogP contribution in [-0.2, 0) is 14.3 Å². The van der Waals surface area contributed by atoms with E-state index < -0.39 is 0 Å². The maximum atomic E-state index is 11.2. The van der Waals surface area contributed by atoms with Crippen LogP contribution in [0.15, 0.2) is 0 Å². The number of piperidine rings is 1. The number of rotatable bonds is 3. The normalized spacial score (nSPS) is 28.8. The maximum Gasteiger partial charge on any atom is 0.308 e. The van der Waals surface area contributed by atoms with Crippen molar-refractivity contribution in [1.82, 2.24) is 4.90 Å². The Morgan fingerprint density at radius 1 is 1.50 bits per heavy atom. The van der Waals surface area contributed by atoms with E-state index in [1.807, 2.05) is 0 Å². The standard InChI is InChI=1S/C10H17NO3/c1-13-10(12)8-2-4-11(5-3-8)6-9-7-14-9/h8-9H,2-7H2,1H3. The van der Waals surface area contributed by atoms with Crippen LogP contribution in [0.25, 0.3) is 0 Å². The molecule has 80 valence electrons. The average Bonchev–Trinajstić information content (AvgIpc) is 3.02. The molecule has 2 fully saturated rings. The molecular formula is C10H17NO3. The molecule has 0 aromatic rings. The van der Waals surface area contributed by atoms with Crippen molar-refractivity contribution in [3.63, 3.8) is 0 Å². The van der Waals surface area contributed by atoms with Crippen LogP contribution in [-0.4, -0.2) is 50.3 Å². The molecule has 0 saturated carbocycles. The van der Waals surface area contributed by atoms with Crippen molar-refractivity contribution in [2.45, 2.75) is 18.9 Å². The van der Waals surface area contributed by atoms with Crippen molar-refractivity contribution in [2.24, 2.45) is 5.92 Å². The molecule has 0 aliphatic carbocycles. The Balaban J connectivity index is 1.71. The number of epoxide rings is 1. The third-order valence-electron chi connectivity index (χ3n) is 2.99. The van der Waals surface area contributed by atoms with Crippen molar-refractivity contribution < 1.29 is 14.3 Å². The number of carbonyl (C=O) groups is 1. The van der Waals surface area contributed by atoms with Gasteiger partial charge in [0, 0.05) is 6.54 Å². The van der Waals surface area contributed by atoms with Gasteiger partial charge in [0.15, 0.2) is 0 Å². The summed E-state index contributed by atoms with van der Waals surface area (Å²) < 4.78 is 9.91. The first-order valence-corrected chi connectivity index (χ1v) is 5.21. The van der Waals surface area contributed by atoms with E-state index >= 15 is 0 Å². The molecular weight excluding hydrogens is 182 g/mol. The van der Waals surface area contributed by atoms with E-state index in [2.05, 4.69) is 4.90 Å². The second kappa shape index (κ2) is 4.28.